The molecule has 6 nitrogen and oxygen atoms in total. The number of hydrogen-bond donors (Lipinski definition) is 2. The van der Waals surface area contributed by atoms with Crippen LogP contribution in [0.5, 0.6) is 17.2 Å². The van der Waals surface area contributed by atoms with Gasteiger partial charge >= 0.3 is 0 Å². The van der Waals surface area contributed by atoms with Crippen molar-refractivity contribution in [1.82, 2.24) is 10.6 Å². The summed E-state index contributed by atoms with van der Waals surface area (Å²) in [6.45, 7) is 6.09. The largest absolute Gasteiger partial charge is 0.496 e. The average molecular weight is 439 g/mol. The predicted molar refractivity (Wildman–Crippen MR) is 115 cm³/mol. The highest BCUT2D eigenvalue weighted by molar-refractivity contribution is 6.39. The van der Waals surface area contributed by atoms with Crippen molar-refractivity contribution in [3.63, 3.8) is 0 Å². The van der Waals surface area contributed by atoms with E-state index in [0.29, 0.717) is 12.3 Å². The van der Waals surface area contributed by atoms with Crippen molar-refractivity contribution < 1.29 is 19.1 Å². The quantitative estimate of drug-likeness (QED) is 0.581. The Kier molecular flexibility index (Phi) is 8.17. The number of carbonyl (C=O) groups is 2. The molecule has 156 valence electrons. The summed E-state index contributed by atoms with van der Waals surface area (Å²) in [6, 6.07) is 8.50. The number of nitrogens with one attached hydrogen (secondary N) is 2. The minimum absolute atomic E-state index is 0.108. The summed E-state index contributed by atoms with van der Waals surface area (Å²) in [5, 5.41) is 5.68. The van der Waals surface area contributed by atoms with Crippen molar-refractivity contribution in [2.45, 2.75) is 26.7 Å². The molecule has 2 rings (SSSR count). The number of amides is 2. The standard InChI is InChI=1S/C21H24Cl2N2O4/c1-12(2)16-11-14(5-8-18(16)28-4)29-20-17(22)7-6-15(19(20)23)21(27)25-10-9-24-13(3)26/h5-8,11-12H,9-10H2,1-4H3,(H,24,26)(H,25,27). The number of rotatable bonds is 8. The molecule has 2 N–H and O–H groups in total. The summed E-state index contributed by atoms with van der Waals surface area (Å²) in [4.78, 5) is 23.3. The Morgan fingerprint density at radius 2 is 1.76 bits per heavy atom. The van der Waals surface area contributed by atoms with Gasteiger partial charge < -0.3 is 20.1 Å². The molecule has 0 fully saturated rings. The molecule has 0 saturated carbocycles. The summed E-state index contributed by atoms with van der Waals surface area (Å²) < 4.78 is 11.3. The van der Waals surface area contributed by atoms with Gasteiger partial charge in [-0.15, -0.1) is 0 Å². The third-order valence-corrected chi connectivity index (χ3v) is 4.79. The van der Waals surface area contributed by atoms with Gasteiger partial charge in [0.25, 0.3) is 5.91 Å². The molecular formula is C21H24Cl2N2O4. The summed E-state index contributed by atoms with van der Waals surface area (Å²) in [7, 11) is 1.61. The van der Waals surface area contributed by atoms with E-state index in [-0.39, 0.29) is 45.6 Å². The second-order valence-electron chi connectivity index (χ2n) is 6.64. The first-order valence-electron chi connectivity index (χ1n) is 9.11. The van der Waals surface area contributed by atoms with Crippen molar-refractivity contribution >= 4 is 35.0 Å². The Hall–Kier alpha value is -2.44. The van der Waals surface area contributed by atoms with Crippen LogP contribution in [-0.2, 0) is 4.79 Å². The molecule has 0 bridgehead atoms. The van der Waals surface area contributed by atoms with E-state index >= 15 is 0 Å². The van der Waals surface area contributed by atoms with Gasteiger partial charge in [-0.2, -0.15) is 0 Å². The number of ether oxygens (including phenoxy) is 2. The van der Waals surface area contributed by atoms with Crippen LogP contribution in [0.15, 0.2) is 30.3 Å². The van der Waals surface area contributed by atoms with Gasteiger partial charge in [-0.25, -0.2) is 0 Å². The lowest BCUT2D eigenvalue weighted by Gasteiger charge is -2.16. The van der Waals surface area contributed by atoms with Crippen molar-refractivity contribution in [2.24, 2.45) is 0 Å². The lowest BCUT2D eigenvalue weighted by Crippen LogP contribution is -2.33. The number of hydrogen-bond acceptors (Lipinski definition) is 4. The van der Waals surface area contributed by atoms with E-state index in [2.05, 4.69) is 10.6 Å². The van der Waals surface area contributed by atoms with Gasteiger partial charge in [0.05, 0.1) is 22.7 Å². The van der Waals surface area contributed by atoms with E-state index in [1.807, 2.05) is 26.0 Å². The first kappa shape index (κ1) is 22.8. The highest BCUT2D eigenvalue weighted by Gasteiger charge is 2.19. The fraction of sp³-hybridized carbons (Fsp3) is 0.333. The van der Waals surface area contributed by atoms with Gasteiger partial charge in [-0.05, 0) is 36.2 Å². The Bertz CT molecular complexity index is 900. The molecule has 0 aliphatic rings. The molecule has 2 aromatic rings. The molecule has 8 heteroatoms. The Morgan fingerprint density at radius 1 is 1.07 bits per heavy atom. The van der Waals surface area contributed by atoms with E-state index in [1.54, 1.807) is 19.2 Å². The first-order chi connectivity index (χ1) is 13.7. The zero-order chi connectivity index (χ0) is 21.6. The fourth-order valence-electron chi connectivity index (χ4n) is 2.66. The molecule has 0 aromatic heterocycles. The molecule has 0 unspecified atom stereocenters. The van der Waals surface area contributed by atoms with Crippen LogP contribution in [0.3, 0.4) is 0 Å². The molecule has 0 spiro atoms. The zero-order valence-electron chi connectivity index (χ0n) is 16.8. The maximum Gasteiger partial charge on any atom is 0.253 e. The van der Waals surface area contributed by atoms with Gasteiger partial charge in [-0.3, -0.25) is 9.59 Å². The van der Waals surface area contributed by atoms with Crippen molar-refractivity contribution in [3.8, 4) is 17.2 Å². The van der Waals surface area contributed by atoms with Crippen molar-refractivity contribution in [3.05, 3.63) is 51.5 Å². The number of halogens is 2. The van der Waals surface area contributed by atoms with Crippen molar-refractivity contribution in [2.75, 3.05) is 20.2 Å². The normalized spacial score (nSPS) is 10.6. The molecular weight excluding hydrogens is 415 g/mol. The first-order valence-corrected chi connectivity index (χ1v) is 9.86. The van der Waals surface area contributed by atoms with E-state index in [1.165, 1.54) is 13.0 Å². The van der Waals surface area contributed by atoms with Crippen LogP contribution in [0.2, 0.25) is 10.0 Å². The highest BCUT2D eigenvalue weighted by Crippen LogP contribution is 2.40. The van der Waals surface area contributed by atoms with E-state index < -0.39 is 0 Å². The summed E-state index contributed by atoms with van der Waals surface area (Å²) in [6.07, 6.45) is 0. The number of methoxy groups -OCH3 is 1. The molecule has 0 aliphatic heterocycles. The van der Waals surface area contributed by atoms with E-state index in [9.17, 15) is 9.59 Å². The molecule has 0 atom stereocenters. The lowest BCUT2D eigenvalue weighted by molar-refractivity contribution is -0.118. The molecule has 2 amide bonds. The van der Waals surface area contributed by atoms with Crippen LogP contribution >= 0.6 is 23.2 Å². The van der Waals surface area contributed by atoms with Crippen LogP contribution < -0.4 is 20.1 Å². The summed E-state index contributed by atoms with van der Waals surface area (Å²) in [5.74, 6) is 1.15. The van der Waals surface area contributed by atoms with Gasteiger partial charge in [-0.1, -0.05) is 37.0 Å². The molecule has 0 aliphatic carbocycles. The van der Waals surface area contributed by atoms with Gasteiger partial charge in [0.1, 0.15) is 11.5 Å². The lowest BCUT2D eigenvalue weighted by atomic mass is 10.0. The van der Waals surface area contributed by atoms with Crippen LogP contribution in [0.25, 0.3) is 0 Å². The second kappa shape index (κ2) is 10.4. The molecule has 29 heavy (non-hydrogen) atoms. The smallest absolute Gasteiger partial charge is 0.253 e. The van der Waals surface area contributed by atoms with Crippen LogP contribution in [0.4, 0.5) is 0 Å². The van der Waals surface area contributed by atoms with Crippen LogP contribution in [-0.4, -0.2) is 32.0 Å². The zero-order valence-corrected chi connectivity index (χ0v) is 18.3. The van der Waals surface area contributed by atoms with Crippen molar-refractivity contribution in [1.29, 1.82) is 0 Å². The highest BCUT2D eigenvalue weighted by atomic mass is 35.5. The number of carbonyl (C=O) groups excluding carboxylic acids is 2. The third kappa shape index (κ3) is 6.02. The minimum atomic E-state index is -0.389. The Morgan fingerprint density at radius 3 is 2.38 bits per heavy atom. The number of benzene rings is 2. The molecule has 0 heterocycles. The third-order valence-electron chi connectivity index (χ3n) is 4.12. The monoisotopic (exact) mass is 438 g/mol. The maximum atomic E-state index is 12.4. The van der Waals surface area contributed by atoms with E-state index in [0.717, 1.165) is 11.3 Å². The van der Waals surface area contributed by atoms with Gasteiger partial charge in [0.2, 0.25) is 5.91 Å². The van der Waals surface area contributed by atoms with Crippen LogP contribution in [0, 0.1) is 0 Å². The fourth-order valence-corrected chi connectivity index (χ4v) is 3.19. The summed E-state index contributed by atoms with van der Waals surface area (Å²) >= 11 is 12.7. The minimum Gasteiger partial charge on any atom is -0.496 e. The predicted octanol–water partition coefficient (Wildman–Crippen LogP) is 4.78. The van der Waals surface area contributed by atoms with Gasteiger partial charge in [0, 0.05) is 25.6 Å². The Labute approximate surface area is 180 Å². The topological polar surface area (TPSA) is 76.7 Å². The van der Waals surface area contributed by atoms with Crippen LogP contribution in [0.1, 0.15) is 42.6 Å². The maximum absolute atomic E-state index is 12.4. The molecule has 0 saturated heterocycles. The molecule has 0 radical (unpaired) electrons. The van der Waals surface area contributed by atoms with E-state index in [4.69, 9.17) is 32.7 Å². The average Bonchev–Trinajstić information content (AvgIpc) is 2.68. The molecule has 2 aromatic carbocycles. The van der Waals surface area contributed by atoms with Gasteiger partial charge in [0.15, 0.2) is 5.75 Å². The Balaban J connectivity index is 2.24. The SMILES string of the molecule is COc1ccc(Oc2c(Cl)ccc(C(=O)NCCNC(C)=O)c2Cl)cc1C(C)C. The second-order valence-corrected chi connectivity index (χ2v) is 7.42. The summed E-state index contributed by atoms with van der Waals surface area (Å²) in [5.41, 5.74) is 1.20.